The van der Waals surface area contributed by atoms with Gasteiger partial charge in [0, 0.05) is 35.8 Å². The first-order valence-corrected chi connectivity index (χ1v) is 11.6. The van der Waals surface area contributed by atoms with Crippen LogP contribution in [0.2, 0.25) is 0 Å². The van der Waals surface area contributed by atoms with Gasteiger partial charge in [-0.05, 0) is 86.6 Å². The number of ether oxygens (including phenoxy) is 1. The lowest BCUT2D eigenvalue weighted by Crippen LogP contribution is -2.20. The average Bonchev–Trinajstić information content (AvgIpc) is 3.54. The van der Waals surface area contributed by atoms with Gasteiger partial charge in [0.15, 0.2) is 0 Å². The first kappa shape index (κ1) is 20.1. The summed E-state index contributed by atoms with van der Waals surface area (Å²) in [6.45, 7) is 3.12. The van der Waals surface area contributed by atoms with E-state index >= 15 is 0 Å². The fourth-order valence-electron chi connectivity index (χ4n) is 4.82. The summed E-state index contributed by atoms with van der Waals surface area (Å²) in [5.41, 5.74) is 6.15. The van der Waals surface area contributed by atoms with E-state index in [4.69, 9.17) is 4.74 Å². The summed E-state index contributed by atoms with van der Waals surface area (Å²) in [4.78, 5) is 4.47. The molecule has 0 unspecified atom stereocenters. The van der Waals surface area contributed by atoms with Crippen molar-refractivity contribution in [3.05, 3.63) is 60.0 Å². The topological polar surface area (TPSA) is 52.0 Å². The zero-order chi connectivity index (χ0) is 21.2. The normalized spacial score (nSPS) is 21.1. The molecule has 31 heavy (non-hydrogen) atoms. The highest BCUT2D eigenvalue weighted by atomic mass is 16.5. The van der Waals surface area contributed by atoms with E-state index in [-0.39, 0.29) is 0 Å². The molecule has 162 valence electrons. The second-order valence-electron chi connectivity index (χ2n) is 9.21. The molecule has 2 aromatic heterocycles. The van der Waals surface area contributed by atoms with Crippen molar-refractivity contribution < 1.29 is 4.74 Å². The maximum atomic E-state index is 5.31. The molecule has 0 bridgehead atoms. The fourth-order valence-corrected chi connectivity index (χ4v) is 4.82. The molecule has 3 aromatic rings. The van der Waals surface area contributed by atoms with Crippen molar-refractivity contribution in [3.8, 4) is 17.0 Å². The van der Waals surface area contributed by atoms with Crippen molar-refractivity contribution >= 4 is 5.69 Å². The third-order valence-corrected chi connectivity index (χ3v) is 6.88. The van der Waals surface area contributed by atoms with Gasteiger partial charge in [0.1, 0.15) is 0 Å². The van der Waals surface area contributed by atoms with Gasteiger partial charge in [0.05, 0.1) is 19.3 Å². The van der Waals surface area contributed by atoms with Crippen LogP contribution in [-0.4, -0.2) is 28.4 Å². The van der Waals surface area contributed by atoms with Crippen molar-refractivity contribution in [2.24, 2.45) is 5.92 Å². The number of nitrogens with zero attached hydrogens (tertiary/aromatic N) is 3. The van der Waals surface area contributed by atoms with Crippen LogP contribution >= 0.6 is 0 Å². The van der Waals surface area contributed by atoms with Crippen molar-refractivity contribution in [1.29, 1.82) is 0 Å². The third kappa shape index (κ3) is 4.60. The van der Waals surface area contributed by atoms with Crippen LogP contribution in [0.25, 0.3) is 11.1 Å². The van der Waals surface area contributed by atoms with Crippen LogP contribution in [0.5, 0.6) is 5.88 Å². The van der Waals surface area contributed by atoms with E-state index in [1.807, 2.05) is 12.4 Å². The molecule has 0 spiro atoms. The largest absolute Gasteiger partial charge is 0.481 e. The lowest BCUT2D eigenvalue weighted by Gasteiger charge is -2.29. The van der Waals surface area contributed by atoms with Crippen LogP contribution in [0.15, 0.2) is 48.9 Å². The first-order valence-electron chi connectivity index (χ1n) is 11.6. The Labute approximate surface area is 184 Å². The van der Waals surface area contributed by atoms with Crippen LogP contribution in [-0.2, 0) is 0 Å². The van der Waals surface area contributed by atoms with Gasteiger partial charge in [-0.3, -0.25) is 4.68 Å². The van der Waals surface area contributed by atoms with Crippen LogP contribution in [0.4, 0.5) is 5.69 Å². The highest BCUT2D eigenvalue weighted by Crippen LogP contribution is 2.37. The molecular weight excluding hydrogens is 384 g/mol. The number of anilines is 1. The van der Waals surface area contributed by atoms with E-state index in [2.05, 4.69) is 63.5 Å². The fraction of sp³-hybridized carbons (Fsp3) is 0.462. The van der Waals surface area contributed by atoms with Crippen molar-refractivity contribution in [1.82, 2.24) is 14.8 Å². The van der Waals surface area contributed by atoms with E-state index in [1.54, 1.807) is 7.11 Å². The van der Waals surface area contributed by atoms with Gasteiger partial charge in [-0.1, -0.05) is 12.1 Å². The second-order valence-corrected chi connectivity index (χ2v) is 9.21. The van der Waals surface area contributed by atoms with Gasteiger partial charge < -0.3 is 10.1 Å². The minimum atomic E-state index is 0.625. The maximum Gasteiger partial charge on any atom is 0.215 e. The molecule has 0 amide bonds. The lowest BCUT2D eigenvalue weighted by molar-refractivity contribution is 0.337. The molecule has 2 aliphatic carbocycles. The van der Waals surface area contributed by atoms with E-state index in [0.717, 1.165) is 23.9 Å². The quantitative estimate of drug-likeness (QED) is 0.514. The van der Waals surface area contributed by atoms with Gasteiger partial charge in [0.2, 0.25) is 5.88 Å². The number of pyridine rings is 1. The summed E-state index contributed by atoms with van der Waals surface area (Å²) >= 11 is 0. The Morgan fingerprint density at radius 1 is 1.03 bits per heavy atom. The molecule has 2 aliphatic rings. The zero-order valence-corrected chi connectivity index (χ0v) is 18.6. The molecule has 0 radical (unpaired) electrons. The third-order valence-electron chi connectivity index (χ3n) is 6.88. The van der Waals surface area contributed by atoms with Crippen LogP contribution < -0.4 is 10.1 Å². The van der Waals surface area contributed by atoms with Crippen LogP contribution in [0.1, 0.15) is 61.6 Å². The predicted molar refractivity (Wildman–Crippen MR) is 125 cm³/mol. The standard InChI is InChI=1S/C26H32N4O/c1-18-12-22(15-28-26(18)31-2)20-8-6-19(7-9-20)14-27-24-5-3-4-21(13-24)23-16-29-30(17-23)25-10-11-25/h3-5,12-13,15-17,19-20,25,27H,6-11,14H2,1-2H3. The Balaban J connectivity index is 1.15. The minimum Gasteiger partial charge on any atom is -0.481 e. The molecule has 1 aromatic carbocycles. The molecule has 2 saturated carbocycles. The van der Waals surface area contributed by atoms with Gasteiger partial charge >= 0.3 is 0 Å². The van der Waals surface area contributed by atoms with Gasteiger partial charge in [-0.2, -0.15) is 5.10 Å². The summed E-state index contributed by atoms with van der Waals surface area (Å²) in [6.07, 6.45) is 13.7. The molecule has 0 aliphatic heterocycles. The smallest absolute Gasteiger partial charge is 0.215 e. The van der Waals surface area contributed by atoms with Crippen molar-refractivity contribution in [3.63, 3.8) is 0 Å². The zero-order valence-electron chi connectivity index (χ0n) is 18.6. The van der Waals surface area contributed by atoms with Gasteiger partial charge in [-0.25, -0.2) is 4.98 Å². The monoisotopic (exact) mass is 416 g/mol. The maximum absolute atomic E-state index is 5.31. The summed E-state index contributed by atoms with van der Waals surface area (Å²) < 4.78 is 7.42. The molecule has 0 atom stereocenters. The van der Waals surface area contributed by atoms with Crippen LogP contribution in [0, 0.1) is 12.8 Å². The molecule has 5 rings (SSSR count). The number of aryl methyl sites for hydroxylation is 1. The van der Waals surface area contributed by atoms with E-state index in [0.29, 0.717) is 12.0 Å². The Bertz CT molecular complexity index is 1030. The van der Waals surface area contributed by atoms with Gasteiger partial charge in [-0.15, -0.1) is 0 Å². The SMILES string of the molecule is COc1ncc(C2CCC(CNc3cccc(-c4cnn(C5CC5)c4)c3)CC2)cc1C. The average molecular weight is 417 g/mol. The number of benzene rings is 1. The van der Waals surface area contributed by atoms with Gasteiger partial charge in [0.25, 0.3) is 0 Å². The van der Waals surface area contributed by atoms with E-state index in [1.165, 1.54) is 60.9 Å². The number of hydrogen-bond donors (Lipinski definition) is 1. The first-order chi connectivity index (χ1) is 15.2. The summed E-state index contributed by atoms with van der Waals surface area (Å²) in [5, 5.41) is 8.22. The lowest BCUT2D eigenvalue weighted by atomic mass is 9.79. The van der Waals surface area contributed by atoms with Crippen LogP contribution in [0.3, 0.4) is 0 Å². The Hall–Kier alpha value is -2.82. The molecule has 2 fully saturated rings. The molecule has 0 saturated heterocycles. The highest BCUT2D eigenvalue weighted by molar-refractivity contribution is 5.67. The van der Waals surface area contributed by atoms with E-state index < -0.39 is 0 Å². The Morgan fingerprint density at radius 3 is 2.61 bits per heavy atom. The predicted octanol–water partition coefficient (Wildman–Crippen LogP) is 5.98. The second kappa shape index (κ2) is 8.74. The molecule has 1 N–H and O–H groups in total. The summed E-state index contributed by atoms with van der Waals surface area (Å²) in [5.74, 6) is 2.09. The summed E-state index contributed by atoms with van der Waals surface area (Å²) in [7, 11) is 1.68. The molecular formula is C26H32N4O. The summed E-state index contributed by atoms with van der Waals surface area (Å²) in [6, 6.07) is 11.6. The number of hydrogen-bond acceptors (Lipinski definition) is 4. The molecule has 5 nitrogen and oxygen atoms in total. The van der Waals surface area contributed by atoms with Crippen molar-refractivity contribution in [2.75, 3.05) is 19.0 Å². The molecule has 2 heterocycles. The number of methoxy groups -OCH3 is 1. The number of aromatic nitrogens is 3. The van der Waals surface area contributed by atoms with Crippen molar-refractivity contribution in [2.45, 2.75) is 57.4 Å². The van der Waals surface area contributed by atoms with E-state index in [9.17, 15) is 0 Å². The highest BCUT2D eigenvalue weighted by Gasteiger charge is 2.25. The Kier molecular flexibility index (Phi) is 5.66. The minimum absolute atomic E-state index is 0.625. The molecule has 5 heteroatoms. The Morgan fingerprint density at radius 2 is 1.87 bits per heavy atom. The number of nitrogens with one attached hydrogen (secondary N) is 1. The number of rotatable bonds is 7.